The number of hydrogen-bond acceptors (Lipinski definition) is 3. The van der Waals surface area contributed by atoms with E-state index in [2.05, 4.69) is 20.5 Å². The summed E-state index contributed by atoms with van der Waals surface area (Å²) in [7, 11) is 0. The van der Waals surface area contributed by atoms with Crippen LogP contribution in [0.3, 0.4) is 0 Å². The fraction of sp³-hybridized carbons (Fsp3) is 0.167. The fourth-order valence-corrected chi connectivity index (χ4v) is 2.48. The number of amides is 1. The number of pyridine rings is 1. The number of nitrogens with one attached hydrogen (secondary N) is 2. The monoisotopic (exact) mass is 324 g/mol. The van der Waals surface area contributed by atoms with Gasteiger partial charge in [-0.15, -0.1) is 0 Å². The molecule has 0 aliphatic rings. The first kappa shape index (κ1) is 15.9. The summed E-state index contributed by atoms with van der Waals surface area (Å²) in [5.74, 6) is -0.551. The highest BCUT2D eigenvalue weighted by atomic mass is 19.1. The van der Waals surface area contributed by atoms with Gasteiger partial charge in [-0.3, -0.25) is 14.9 Å². The van der Waals surface area contributed by atoms with E-state index in [4.69, 9.17) is 0 Å². The zero-order chi connectivity index (χ0) is 16.9. The van der Waals surface area contributed by atoms with Crippen molar-refractivity contribution < 1.29 is 9.18 Å². The van der Waals surface area contributed by atoms with Gasteiger partial charge >= 0.3 is 0 Å². The Balaban J connectivity index is 1.73. The molecule has 0 saturated carbocycles. The van der Waals surface area contributed by atoms with Crippen LogP contribution in [0.5, 0.6) is 0 Å². The van der Waals surface area contributed by atoms with Gasteiger partial charge < -0.3 is 5.32 Å². The van der Waals surface area contributed by atoms with Crippen LogP contribution in [-0.2, 0) is 0 Å². The molecule has 0 saturated heterocycles. The number of hydrogen-bond donors (Lipinski definition) is 2. The highest BCUT2D eigenvalue weighted by Gasteiger charge is 2.18. The van der Waals surface area contributed by atoms with E-state index in [1.807, 2.05) is 19.1 Å². The van der Waals surface area contributed by atoms with Gasteiger partial charge in [-0.1, -0.05) is 19.1 Å². The molecule has 0 unspecified atom stereocenters. The predicted octanol–water partition coefficient (Wildman–Crippen LogP) is 3.14. The number of H-pyrrole nitrogens is 1. The van der Waals surface area contributed by atoms with Gasteiger partial charge in [0.2, 0.25) is 0 Å². The van der Waals surface area contributed by atoms with Crippen LogP contribution in [0.25, 0.3) is 11.3 Å². The zero-order valence-corrected chi connectivity index (χ0v) is 13.2. The Hall–Kier alpha value is -3.02. The van der Waals surface area contributed by atoms with Gasteiger partial charge in [0.15, 0.2) is 0 Å². The first-order chi connectivity index (χ1) is 11.7. The maximum Gasteiger partial charge on any atom is 0.255 e. The highest BCUT2D eigenvalue weighted by Crippen LogP contribution is 2.24. The molecular formula is C18H17FN4O. The lowest BCUT2D eigenvalue weighted by Gasteiger charge is -2.13. The number of aromatic amines is 1. The predicted molar refractivity (Wildman–Crippen MR) is 89.0 cm³/mol. The number of halogens is 1. The van der Waals surface area contributed by atoms with Crippen molar-refractivity contribution in [2.45, 2.75) is 12.8 Å². The van der Waals surface area contributed by atoms with Crippen molar-refractivity contribution in [3.8, 4) is 11.3 Å². The second kappa shape index (κ2) is 7.04. The minimum Gasteiger partial charge on any atom is -0.351 e. The van der Waals surface area contributed by atoms with Gasteiger partial charge in [0.05, 0.1) is 17.5 Å². The van der Waals surface area contributed by atoms with Crippen molar-refractivity contribution >= 4 is 5.91 Å². The molecule has 2 aromatic heterocycles. The van der Waals surface area contributed by atoms with Gasteiger partial charge in [0.1, 0.15) is 5.82 Å². The average molecular weight is 324 g/mol. The number of aromatic nitrogens is 3. The van der Waals surface area contributed by atoms with Crippen LogP contribution in [0.1, 0.15) is 28.8 Å². The Labute approximate surface area is 138 Å². The van der Waals surface area contributed by atoms with Gasteiger partial charge in [0, 0.05) is 24.5 Å². The molecule has 1 atom stereocenters. The molecule has 0 aliphatic carbocycles. The summed E-state index contributed by atoms with van der Waals surface area (Å²) < 4.78 is 13.9. The maximum atomic E-state index is 13.9. The number of rotatable bonds is 5. The van der Waals surface area contributed by atoms with Crippen molar-refractivity contribution in [3.63, 3.8) is 0 Å². The Morgan fingerprint density at radius 1 is 1.25 bits per heavy atom. The molecule has 2 N–H and O–H groups in total. The van der Waals surface area contributed by atoms with E-state index in [9.17, 15) is 9.18 Å². The molecule has 24 heavy (non-hydrogen) atoms. The fourth-order valence-electron chi connectivity index (χ4n) is 2.48. The minimum atomic E-state index is -0.402. The van der Waals surface area contributed by atoms with Crippen molar-refractivity contribution in [1.82, 2.24) is 20.5 Å². The molecule has 0 radical (unpaired) electrons. The molecule has 2 heterocycles. The lowest BCUT2D eigenvalue weighted by atomic mass is 10.0. The van der Waals surface area contributed by atoms with Crippen LogP contribution in [0.15, 0.2) is 55.0 Å². The van der Waals surface area contributed by atoms with E-state index in [-0.39, 0.29) is 11.8 Å². The smallest absolute Gasteiger partial charge is 0.255 e. The zero-order valence-electron chi connectivity index (χ0n) is 13.2. The van der Waals surface area contributed by atoms with Crippen LogP contribution in [0, 0.1) is 5.82 Å². The summed E-state index contributed by atoms with van der Waals surface area (Å²) in [6, 6.07) is 10.1. The second-order valence-corrected chi connectivity index (χ2v) is 5.53. The maximum absolute atomic E-state index is 13.9. The van der Waals surface area contributed by atoms with E-state index in [0.29, 0.717) is 23.4 Å². The van der Waals surface area contributed by atoms with Gasteiger partial charge in [-0.2, -0.15) is 5.10 Å². The van der Waals surface area contributed by atoms with E-state index < -0.39 is 5.82 Å². The minimum absolute atomic E-state index is 0.140. The highest BCUT2D eigenvalue weighted by molar-refractivity contribution is 5.99. The van der Waals surface area contributed by atoms with Crippen molar-refractivity contribution in [2.75, 3.05) is 6.54 Å². The molecule has 3 aromatic rings. The molecule has 1 aromatic carbocycles. The SMILES string of the molecule is C[C@@H](CNC(=O)c1cn[nH]c1-c1ccccc1F)c1ccncc1. The Bertz CT molecular complexity index is 832. The topological polar surface area (TPSA) is 70.7 Å². The molecule has 6 heteroatoms. The van der Waals surface area contributed by atoms with Crippen LogP contribution in [0.4, 0.5) is 4.39 Å². The summed E-state index contributed by atoms with van der Waals surface area (Å²) in [6.45, 7) is 2.48. The van der Waals surface area contributed by atoms with Crippen LogP contribution >= 0.6 is 0 Å². The summed E-state index contributed by atoms with van der Waals surface area (Å²) in [4.78, 5) is 16.4. The lowest BCUT2D eigenvalue weighted by Crippen LogP contribution is -2.27. The van der Waals surface area contributed by atoms with Crippen molar-refractivity contribution in [3.05, 3.63) is 71.9 Å². The Morgan fingerprint density at radius 2 is 2.00 bits per heavy atom. The molecular weight excluding hydrogens is 307 g/mol. The molecule has 1 amide bonds. The summed E-state index contributed by atoms with van der Waals surface area (Å²) >= 11 is 0. The summed E-state index contributed by atoms with van der Waals surface area (Å²) in [5, 5.41) is 9.46. The van der Waals surface area contributed by atoms with Crippen LogP contribution < -0.4 is 5.32 Å². The van der Waals surface area contributed by atoms with Gasteiger partial charge in [-0.25, -0.2) is 4.39 Å². The van der Waals surface area contributed by atoms with E-state index >= 15 is 0 Å². The number of carbonyl (C=O) groups is 1. The van der Waals surface area contributed by atoms with Gasteiger partial charge in [-0.05, 0) is 35.7 Å². The first-order valence-corrected chi connectivity index (χ1v) is 7.63. The molecule has 0 fully saturated rings. The quantitative estimate of drug-likeness (QED) is 0.757. The third-order valence-corrected chi connectivity index (χ3v) is 3.87. The first-order valence-electron chi connectivity index (χ1n) is 7.63. The molecule has 3 rings (SSSR count). The Morgan fingerprint density at radius 3 is 2.75 bits per heavy atom. The standard InChI is InChI=1S/C18H17FN4O/c1-12(13-6-8-20-9-7-13)10-21-18(24)15-11-22-23-17(15)14-4-2-3-5-16(14)19/h2-9,11-12H,10H2,1H3,(H,21,24)(H,22,23)/t12-/m0/s1. The second-order valence-electron chi connectivity index (χ2n) is 5.53. The van der Waals surface area contributed by atoms with Gasteiger partial charge in [0.25, 0.3) is 5.91 Å². The number of benzene rings is 1. The number of nitrogens with zero attached hydrogens (tertiary/aromatic N) is 2. The van der Waals surface area contributed by atoms with E-state index in [0.717, 1.165) is 5.56 Å². The van der Waals surface area contributed by atoms with Crippen LogP contribution in [0.2, 0.25) is 0 Å². The molecule has 0 spiro atoms. The van der Waals surface area contributed by atoms with E-state index in [1.54, 1.807) is 30.6 Å². The largest absolute Gasteiger partial charge is 0.351 e. The number of carbonyl (C=O) groups excluding carboxylic acids is 1. The average Bonchev–Trinajstić information content (AvgIpc) is 3.10. The lowest BCUT2D eigenvalue weighted by molar-refractivity contribution is 0.0952. The normalized spacial score (nSPS) is 11.9. The summed E-state index contributed by atoms with van der Waals surface area (Å²) in [6.07, 6.45) is 4.86. The molecule has 0 bridgehead atoms. The summed E-state index contributed by atoms with van der Waals surface area (Å²) in [5.41, 5.74) is 2.11. The van der Waals surface area contributed by atoms with Crippen LogP contribution in [-0.4, -0.2) is 27.6 Å². The molecule has 122 valence electrons. The van der Waals surface area contributed by atoms with Crippen molar-refractivity contribution in [1.29, 1.82) is 0 Å². The Kier molecular flexibility index (Phi) is 4.65. The van der Waals surface area contributed by atoms with Crippen molar-refractivity contribution in [2.24, 2.45) is 0 Å². The third kappa shape index (κ3) is 3.32. The van der Waals surface area contributed by atoms with E-state index in [1.165, 1.54) is 12.3 Å². The third-order valence-electron chi connectivity index (χ3n) is 3.87. The molecule has 0 aliphatic heterocycles. The molecule has 5 nitrogen and oxygen atoms in total.